The number of carbonyl (C=O) groups is 3. The van der Waals surface area contributed by atoms with Crippen molar-refractivity contribution in [1.82, 2.24) is 5.32 Å². The lowest BCUT2D eigenvalue weighted by molar-refractivity contribution is -0.139. The van der Waals surface area contributed by atoms with Crippen LogP contribution < -0.4 is 10.1 Å². The van der Waals surface area contributed by atoms with Gasteiger partial charge in [-0.2, -0.15) is 0 Å². The fourth-order valence-electron chi connectivity index (χ4n) is 2.35. The highest BCUT2D eigenvalue weighted by Crippen LogP contribution is 2.23. The zero-order chi connectivity index (χ0) is 19.4. The molecular formula is C18H25NO6. The SMILES string of the molecule is CC(=O)Oc1cc(C)c(CC(NC(=O)OC(C)(C)C)C(=O)O)c(C)c1. The minimum atomic E-state index is -1.16. The molecular weight excluding hydrogens is 326 g/mol. The summed E-state index contributed by atoms with van der Waals surface area (Å²) in [6.07, 6.45) is -0.696. The first-order valence-corrected chi connectivity index (χ1v) is 7.90. The van der Waals surface area contributed by atoms with Crippen molar-refractivity contribution in [3.05, 3.63) is 28.8 Å². The van der Waals surface area contributed by atoms with E-state index in [2.05, 4.69) is 5.32 Å². The minimum Gasteiger partial charge on any atom is -0.480 e. The highest BCUT2D eigenvalue weighted by molar-refractivity contribution is 5.80. The summed E-state index contributed by atoms with van der Waals surface area (Å²) in [6.45, 7) is 9.99. The van der Waals surface area contributed by atoms with Crippen LogP contribution in [-0.4, -0.2) is 34.8 Å². The molecule has 0 spiro atoms. The van der Waals surface area contributed by atoms with E-state index in [1.807, 2.05) is 0 Å². The number of alkyl carbamates (subject to hydrolysis) is 1. The summed E-state index contributed by atoms with van der Waals surface area (Å²) >= 11 is 0. The molecule has 1 amide bonds. The van der Waals surface area contributed by atoms with Gasteiger partial charge < -0.3 is 19.9 Å². The van der Waals surface area contributed by atoms with Gasteiger partial charge in [-0.3, -0.25) is 4.79 Å². The average molecular weight is 351 g/mol. The highest BCUT2D eigenvalue weighted by Gasteiger charge is 2.25. The number of ether oxygens (including phenoxy) is 2. The van der Waals surface area contributed by atoms with Crippen LogP contribution in [0.25, 0.3) is 0 Å². The third-order valence-electron chi connectivity index (χ3n) is 3.33. The molecule has 0 bridgehead atoms. The fourth-order valence-corrected chi connectivity index (χ4v) is 2.35. The van der Waals surface area contributed by atoms with E-state index < -0.39 is 29.7 Å². The molecule has 0 aliphatic heterocycles. The molecule has 2 N–H and O–H groups in total. The van der Waals surface area contributed by atoms with Crippen molar-refractivity contribution in [2.45, 2.75) is 59.6 Å². The Bertz CT molecular complexity index is 652. The van der Waals surface area contributed by atoms with Crippen LogP contribution in [0.4, 0.5) is 4.79 Å². The predicted octanol–water partition coefficient (Wildman–Crippen LogP) is 2.75. The van der Waals surface area contributed by atoms with Crippen LogP contribution in [0.1, 0.15) is 44.4 Å². The van der Waals surface area contributed by atoms with Gasteiger partial charge in [-0.05, 0) is 63.4 Å². The third kappa shape index (κ3) is 6.82. The molecule has 1 atom stereocenters. The van der Waals surface area contributed by atoms with Crippen molar-refractivity contribution in [3.63, 3.8) is 0 Å². The number of carboxylic acid groups (broad SMARTS) is 1. The van der Waals surface area contributed by atoms with E-state index in [9.17, 15) is 19.5 Å². The summed E-state index contributed by atoms with van der Waals surface area (Å²) in [6, 6.07) is 2.19. The molecule has 0 saturated heterocycles. The maximum Gasteiger partial charge on any atom is 0.408 e. The fraction of sp³-hybridized carbons (Fsp3) is 0.500. The topological polar surface area (TPSA) is 102 Å². The lowest BCUT2D eigenvalue weighted by atomic mass is 9.96. The van der Waals surface area contributed by atoms with Crippen molar-refractivity contribution in [3.8, 4) is 5.75 Å². The second-order valence-electron chi connectivity index (χ2n) is 6.87. The van der Waals surface area contributed by atoms with Gasteiger partial charge in [0, 0.05) is 13.3 Å². The van der Waals surface area contributed by atoms with E-state index in [-0.39, 0.29) is 6.42 Å². The van der Waals surface area contributed by atoms with E-state index in [0.717, 1.165) is 16.7 Å². The Morgan fingerprint density at radius 3 is 2.08 bits per heavy atom. The van der Waals surface area contributed by atoms with Crippen molar-refractivity contribution >= 4 is 18.0 Å². The van der Waals surface area contributed by atoms with Crippen LogP contribution in [0.15, 0.2) is 12.1 Å². The maximum absolute atomic E-state index is 11.9. The number of aliphatic carboxylic acids is 1. The Morgan fingerprint density at radius 2 is 1.68 bits per heavy atom. The standard InChI is InChI=1S/C18H25NO6/c1-10-7-13(24-12(3)20)8-11(2)14(10)9-15(16(21)22)19-17(23)25-18(4,5)6/h7-8,15H,9H2,1-6H3,(H,19,23)(H,21,22). The zero-order valence-corrected chi connectivity index (χ0v) is 15.4. The minimum absolute atomic E-state index is 0.0899. The van der Waals surface area contributed by atoms with Gasteiger partial charge in [0.05, 0.1) is 0 Å². The lowest BCUT2D eigenvalue weighted by Gasteiger charge is -2.23. The van der Waals surface area contributed by atoms with Gasteiger partial charge in [0.15, 0.2) is 0 Å². The first-order valence-electron chi connectivity index (χ1n) is 7.90. The first kappa shape index (κ1) is 20.5. The number of aryl methyl sites for hydroxylation is 2. The smallest absolute Gasteiger partial charge is 0.408 e. The number of amides is 1. The highest BCUT2D eigenvalue weighted by atomic mass is 16.6. The van der Waals surface area contributed by atoms with Gasteiger partial charge in [0.2, 0.25) is 0 Å². The summed E-state index contributed by atoms with van der Waals surface area (Å²) in [7, 11) is 0. The molecule has 25 heavy (non-hydrogen) atoms. The van der Waals surface area contributed by atoms with Crippen LogP contribution in [0.3, 0.4) is 0 Å². The molecule has 0 aliphatic carbocycles. The third-order valence-corrected chi connectivity index (χ3v) is 3.33. The molecule has 1 rings (SSSR count). The van der Waals surface area contributed by atoms with Crippen LogP contribution in [-0.2, 0) is 20.7 Å². The van der Waals surface area contributed by atoms with E-state index in [1.54, 1.807) is 46.8 Å². The lowest BCUT2D eigenvalue weighted by Crippen LogP contribution is -2.44. The molecule has 1 aromatic rings. The van der Waals surface area contributed by atoms with E-state index >= 15 is 0 Å². The Balaban J connectivity index is 2.97. The summed E-state index contributed by atoms with van der Waals surface area (Å²) in [4.78, 5) is 34.4. The summed E-state index contributed by atoms with van der Waals surface area (Å²) < 4.78 is 10.2. The summed E-state index contributed by atoms with van der Waals surface area (Å²) in [5.74, 6) is -1.19. The van der Waals surface area contributed by atoms with Crippen LogP contribution in [0.5, 0.6) is 5.75 Å². The molecule has 1 unspecified atom stereocenters. The number of carboxylic acids is 1. The Morgan fingerprint density at radius 1 is 1.16 bits per heavy atom. The number of esters is 1. The number of nitrogens with one attached hydrogen (secondary N) is 1. The second-order valence-corrected chi connectivity index (χ2v) is 6.87. The van der Waals surface area contributed by atoms with E-state index in [0.29, 0.717) is 5.75 Å². The monoisotopic (exact) mass is 351 g/mol. The number of rotatable bonds is 5. The van der Waals surface area contributed by atoms with Gasteiger partial charge in [-0.25, -0.2) is 9.59 Å². The van der Waals surface area contributed by atoms with Gasteiger partial charge >= 0.3 is 18.0 Å². The Hall–Kier alpha value is -2.57. The van der Waals surface area contributed by atoms with E-state index in [4.69, 9.17) is 9.47 Å². The van der Waals surface area contributed by atoms with Crippen LogP contribution >= 0.6 is 0 Å². The summed E-state index contributed by atoms with van der Waals surface area (Å²) in [5.41, 5.74) is 1.59. The molecule has 7 heteroatoms. The maximum atomic E-state index is 11.9. The molecule has 0 aromatic heterocycles. The normalized spacial score (nSPS) is 12.2. The largest absolute Gasteiger partial charge is 0.480 e. The van der Waals surface area contributed by atoms with Crippen molar-refractivity contribution in [2.24, 2.45) is 0 Å². The van der Waals surface area contributed by atoms with Crippen molar-refractivity contribution in [2.75, 3.05) is 0 Å². The number of carbonyl (C=O) groups excluding carboxylic acids is 2. The Kier molecular flexibility index (Phi) is 6.55. The van der Waals surface area contributed by atoms with Gasteiger partial charge in [0.25, 0.3) is 0 Å². The first-order chi connectivity index (χ1) is 11.4. The molecule has 1 aromatic carbocycles. The molecule has 0 fully saturated rings. The Labute approximate surface area is 147 Å². The molecule has 0 heterocycles. The van der Waals surface area contributed by atoms with Crippen molar-refractivity contribution < 1.29 is 29.0 Å². The van der Waals surface area contributed by atoms with E-state index in [1.165, 1.54) is 6.92 Å². The molecule has 7 nitrogen and oxygen atoms in total. The average Bonchev–Trinajstić information content (AvgIpc) is 2.38. The van der Waals surface area contributed by atoms with Gasteiger partial charge in [0.1, 0.15) is 17.4 Å². The molecule has 0 radical (unpaired) electrons. The molecule has 0 aliphatic rings. The second kappa shape index (κ2) is 8.00. The summed E-state index contributed by atoms with van der Waals surface area (Å²) in [5, 5.41) is 11.8. The zero-order valence-electron chi connectivity index (χ0n) is 15.4. The quantitative estimate of drug-likeness (QED) is 0.625. The van der Waals surface area contributed by atoms with Gasteiger partial charge in [-0.1, -0.05) is 0 Å². The number of hydrogen-bond acceptors (Lipinski definition) is 5. The van der Waals surface area contributed by atoms with Gasteiger partial charge in [-0.15, -0.1) is 0 Å². The number of benzene rings is 1. The van der Waals surface area contributed by atoms with Crippen molar-refractivity contribution in [1.29, 1.82) is 0 Å². The van der Waals surface area contributed by atoms with Crippen LogP contribution in [0.2, 0.25) is 0 Å². The molecule has 138 valence electrons. The number of hydrogen-bond donors (Lipinski definition) is 2. The predicted molar refractivity (Wildman–Crippen MR) is 91.7 cm³/mol. The van der Waals surface area contributed by atoms with Crippen LogP contribution in [0, 0.1) is 13.8 Å². The molecule has 0 saturated carbocycles.